The molecule has 1 aliphatic heterocycles. The van der Waals surface area contributed by atoms with Gasteiger partial charge in [-0.15, -0.1) is 0 Å². The minimum Gasteiger partial charge on any atom is -0.434 e. The van der Waals surface area contributed by atoms with E-state index in [-0.39, 0.29) is 29.9 Å². The van der Waals surface area contributed by atoms with Gasteiger partial charge < -0.3 is 19.7 Å². The summed E-state index contributed by atoms with van der Waals surface area (Å²) in [4.78, 5) is 37.8. The van der Waals surface area contributed by atoms with Crippen LogP contribution < -0.4 is 10.1 Å². The second kappa shape index (κ2) is 9.57. The predicted molar refractivity (Wildman–Crippen MR) is 105 cm³/mol. The first-order valence-corrected chi connectivity index (χ1v) is 9.71. The summed E-state index contributed by atoms with van der Waals surface area (Å²) >= 11 is 0. The summed E-state index contributed by atoms with van der Waals surface area (Å²) in [6.45, 7) is 9.25. The fraction of sp³-hybridized carbons (Fsp3) is 0.571. The summed E-state index contributed by atoms with van der Waals surface area (Å²) in [5.74, 6) is 0.326. The Bertz CT molecular complexity index is 686. The van der Waals surface area contributed by atoms with Crippen LogP contribution in [-0.2, 0) is 9.53 Å². The summed E-state index contributed by atoms with van der Waals surface area (Å²) in [7, 11) is 0. The van der Waals surface area contributed by atoms with Crippen LogP contribution in [0.15, 0.2) is 24.3 Å². The van der Waals surface area contributed by atoms with Gasteiger partial charge in [-0.3, -0.25) is 9.59 Å². The van der Waals surface area contributed by atoms with Gasteiger partial charge in [0, 0.05) is 31.1 Å². The van der Waals surface area contributed by atoms with Gasteiger partial charge in [0.15, 0.2) is 0 Å². The van der Waals surface area contributed by atoms with Crippen molar-refractivity contribution in [3.63, 3.8) is 0 Å². The normalized spacial score (nSPS) is 15.1. The van der Waals surface area contributed by atoms with Crippen molar-refractivity contribution in [2.24, 2.45) is 5.41 Å². The van der Waals surface area contributed by atoms with E-state index in [9.17, 15) is 14.4 Å². The molecule has 0 aromatic heterocycles. The summed E-state index contributed by atoms with van der Waals surface area (Å²) in [6, 6.07) is 6.52. The van der Waals surface area contributed by atoms with Gasteiger partial charge in [0.2, 0.25) is 5.91 Å². The Labute approximate surface area is 166 Å². The third kappa shape index (κ3) is 6.87. The number of hydrogen-bond donors (Lipinski definition) is 1. The van der Waals surface area contributed by atoms with E-state index in [4.69, 9.17) is 9.47 Å². The number of nitrogens with zero attached hydrogens (tertiary/aromatic N) is 1. The van der Waals surface area contributed by atoms with Crippen molar-refractivity contribution >= 4 is 18.0 Å². The van der Waals surface area contributed by atoms with Crippen molar-refractivity contribution in [2.45, 2.75) is 53.0 Å². The van der Waals surface area contributed by atoms with Gasteiger partial charge >= 0.3 is 6.16 Å². The smallest absolute Gasteiger partial charge is 0.434 e. The quantitative estimate of drug-likeness (QED) is 0.615. The van der Waals surface area contributed by atoms with E-state index in [1.807, 2.05) is 20.8 Å². The third-order valence-corrected chi connectivity index (χ3v) is 4.40. The van der Waals surface area contributed by atoms with Crippen molar-refractivity contribution in [1.29, 1.82) is 0 Å². The highest BCUT2D eigenvalue weighted by molar-refractivity contribution is 5.94. The Morgan fingerprint density at radius 3 is 2.25 bits per heavy atom. The fourth-order valence-corrected chi connectivity index (χ4v) is 3.08. The molecule has 1 heterocycles. The summed E-state index contributed by atoms with van der Waals surface area (Å²) < 4.78 is 9.71. The lowest BCUT2D eigenvalue weighted by Crippen LogP contribution is -2.47. The molecule has 7 nitrogen and oxygen atoms in total. The van der Waals surface area contributed by atoms with Gasteiger partial charge in [-0.25, -0.2) is 4.79 Å². The largest absolute Gasteiger partial charge is 0.513 e. The van der Waals surface area contributed by atoms with Crippen molar-refractivity contribution in [3.05, 3.63) is 29.8 Å². The molecule has 1 aromatic carbocycles. The van der Waals surface area contributed by atoms with Crippen LogP contribution in [0.25, 0.3) is 0 Å². The Morgan fingerprint density at radius 1 is 1.11 bits per heavy atom. The zero-order valence-corrected chi connectivity index (χ0v) is 17.1. The first kappa shape index (κ1) is 21.7. The maximum absolute atomic E-state index is 12.7. The van der Waals surface area contributed by atoms with Crippen LogP contribution in [0.1, 0.15) is 57.3 Å². The molecule has 0 radical (unpaired) electrons. The average Bonchev–Trinajstić information content (AvgIpc) is 2.61. The first-order valence-electron chi connectivity index (χ1n) is 9.71. The monoisotopic (exact) mass is 390 g/mol. The number of benzene rings is 1. The lowest BCUT2D eigenvalue weighted by molar-refractivity contribution is -0.123. The molecule has 1 aliphatic rings. The maximum Gasteiger partial charge on any atom is 0.513 e. The van der Waals surface area contributed by atoms with Crippen molar-refractivity contribution < 1.29 is 23.9 Å². The molecule has 2 amide bonds. The molecule has 0 saturated carbocycles. The molecule has 0 unspecified atom stereocenters. The first-order chi connectivity index (χ1) is 13.2. The molecule has 1 aromatic rings. The van der Waals surface area contributed by atoms with Crippen LogP contribution >= 0.6 is 0 Å². The predicted octanol–water partition coefficient (Wildman–Crippen LogP) is 3.38. The van der Waals surface area contributed by atoms with E-state index in [0.717, 1.165) is 12.8 Å². The van der Waals surface area contributed by atoms with Gasteiger partial charge in [0.25, 0.3) is 5.91 Å². The minimum atomic E-state index is -0.767. The second-order valence-corrected chi connectivity index (χ2v) is 8.18. The standard InChI is InChI=1S/C21H30N2O5/c1-5-27-20(26)28-17-8-6-15(7-9-17)19(25)23-12-10-16(11-13-23)22-18(24)14-21(2,3)4/h6-9,16H,5,10-14H2,1-4H3,(H,22,24). The van der Waals surface area contributed by atoms with E-state index in [2.05, 4.69) is 5.32 Å². The number of likely N-dealkylation sites (tertiary alicyclic amines) is 1. The molecular formula is C21H30N2O5. The lowest BCUT2D eigenvalue weighted by Gasteiger charge is -2.33. The molecule has 1 saturated heterocycles. The molecule has 0 spiro atoms. The number of piperidine rings is 1. The lowest BCUT2D eigenvalue weighted by atomic mass is 9.91. The molecule has 2 rings (SSSR count). The van der Waals surface area contributed by atoms with Crippen LogP contribution in [0.4, 0.5) is 4.79 Å². The van der Waals surface area contributed by atoms with Gasteiger partial charge in [0.05, 0.1) is 6.61 Å². The molecule has 154 valence electrons. The highest BCUT2D eigenvalue weighted by atomic mass is 16.7. The number of nitrogens with one attached hydrogen (secondary N) is 1. The van der Waals surface area contributed by atoms with Crippen LogP contribution in [0.5, 0.6) is 5.75 Å². The minimum absolute atomic E-state index is 0.0378. The highest BCUT2D eigenvalue weighted by Gasteiger charge is 2.26. The van der Waals surface area contributed by atoms with E-state index in [1.165, 1.54) is 0 Å². The second-order valence-electron chi connectivity index (χ2n) is 8.18. The number of rotatable bonds is 5. The number of ether oxygens (including phenoxy) is 2. The van der Waals surface area contributed by atoms with Gasteiger partial charge in [0.1, 0.15) is 5.75 Å². The molecular weight excluding hydrogens is 360 g/mol. The van der Waals surface area contributed by atoms with Gasteiger partial charge in [-0.2, -0.15) is 0 Å². The number of hydrogen-bond acceptors (Lipinski definition) is 5. The van der Waals surface area contributed by atoms with Gasteiger partial charge in [-0.1, -0.05) is 20.8 Å². The topological polar surface area (TPSA) is 84.9 Å². The van der Waals surface area contributed by atoms with Crippen molar-refractivity contribution in [2.75, 3.05) is 19.7 Å². The summed E-state index contributed by atoms with van der Waals surface area (Å²) in [6.07, 6.45) is 1.21. The summed E-state index contributed by atoms with van der Waals surface area (Å²) in [5.41, 5.74) is 0.496. The average molecular weight is 390 g/mol. The zero-order chi connectivity index (χ0) is 20.7. The number of amides is 2. The van der Waals surface area contributed by atoms with E-state index in [0.29, 0.717) is 30.8 Å². The highest BCUT2D eigenvalue weighted by Crippen LogP contribution is 2.20. The third-order valence-electron chi connectivity index (χ3n) is 4.40. The molecule has 1 N–H and O–H groups in total. The SMILES string of the molecule is CCOC(=O)Oc1ccc(C(=O)N2CCC(NC(=O)CC(C)(C)C)CC2)cc1. The van der Waals surface area contributed by atoms with Gasteiger partial charge in [-0.05, 0) is 49.4 Å². The van der Waals surface area contributed by atoms with Crippen molar-refractivity contribution in [3.8, 4) is 5.75 Å². The molecule has 7 heteroatoms. The molecule has 0 aliphatic carbocycles. The molecule has 0 bridgehead atoms. The number of carbonyl (C=O) groups excluding carboxylic acids is 3. The van der Waals surface area contributed by atoms with Crippen LogP contribution in [0.3, 0.4) is 0 Å². The van der Waals surface area contributed by atoms with E-state index in [1.54, 1.807) is 36.1 Å². The Balaban J connectivity index is 1.83. The summed E-state index contributed by atoms with van der Waals surface area (Å²) in [5, 5.41) is 3.07. The Kier molecular flexibility index (Phi) is 7.43. The molecule has 28 heavy (non-hydrogen) atoms. The molecule has 0 atom stereocenters. The fourth-order valence-electron chi connectivity index (χ4n) is 3.08. The van der Waals surface area contributed by atoms with Crippen LogP contribution in [0, 0.1) is 5.41 Å². The number of carbonyl (C=O) groups is 3. The zero-order valence-electron chi connectivity index (χ0n) is 17.1. The van der Waals surface area contributed by atoms with Crippen LogP contribution in [0.2, 0.25) is 0 Å². The molecule has 1 fully saturated rings. The van der Waals surface area contributed by atoms with E-state index >= 15 is 0 Å². The maximum atomic E-state index is 12.7. The Morgan fingerprint density at radius 2 is 1.71 bits per heavy atom. The van der Waals surface area contributed by atoms with E-state index < -0.39 is 6.16 Å². The Hall–Kier alpha value is -2.57. The van der Waals surface area contributed by atoms with Crippen LogP contribution in [-0.4, -0.2) is 48.6 Å². The van der Waals surface area contributed by atoms with Crippen molar-refractivity contribution in [1.82, 2.24) is 10.2 Å².